The fourth-order valence-corrected chi connectivity index (χ4v) is 4.13. The van der Waals surface area contributed by atoms with Crippen LogP contribution in [0.25, 0.3) is 5.65 Å². The standard InChI is InChI=1S/C23H30ClN7.HI/c1-2-25-23(26-11-6-10-22-28-27-21-9-3-4-12-31(21)22)30-15-13-29(14-16-30)18-19-7-5-8-20(24)17-19;/h3-5,7-9,12,17H,2,6,10-11,13-16,18H2,1H3,(H,25,26);1H. The summed E-state index contributed by atoms with van der Waals surface area (Å²) in [4.78, 5) is 9.72. The number of nitrogens with zero attached hydrogens (tertiary/aromatic N) is 6. The lowest BCUT2D eigenvalue weighted by Gasteiger charge is -2.36. The molecule has 1 aliphatic heterocycles. The van der Waals surface area contributed by atoms with Gasteiger partial charge in [-0.3, -0.25) is 14.3 Å². The van der Waals surface area contributed by atoms with Crippen LogP contribution < -0.4 is 5.32 Å². The summed E-state index contributed by atoms with van der Waals surface area (Å²) < 4.78 is 2.05. The smallest absolute Gasteiger partial charge is 0.194 e. The quantitative estimate of drug-likeness (QED) is 0.204. The number of guanidine groups is 1. The van der Waals surface area contributed by atoms with Crippen molar-refractivity contribution in [1.29, 1.82) is 0 Å². The third kappa shape index (κ3) is 6.55. The first kappa shape index (κ1) is 24.7. The van der Waals surface area contributed by atoms with Crippen LogP contribution in [0.3, 0.4) is 0 Å². The Balaban J connectivity index is 0.00000289. The van der Waals surface area contributed by atoms with Gasteiger partial charge in [-0.15, -0.1) is 34.2 Å². The van der Waals surface area contributed by atoms with Gasteiger partial charge in [0.15, 0.2) is 11.6 Å². The van der Waals surface area contributed by atoms with Crippen molar-refractivity contribution in [2.45, 2.75) is 26.3 Å². The topological polar surface area (TPSA) is 61.1 Å². The molecule has 9 heteroatoms. The number of halogens is 2. The number of piperazine rings is 1. The molecule has 1 aliphatic rings. The largest absolute Gasteiger partial charge is 0.357 e. The van der Waals surface area contributed by atoms with Gasteiger partial charge in [0.25, 0.3) is 0 Å². The lowest BCUT2D eigenvalue weighted by molar-refractivity contribution is 0.172. The van der Waals surface area contributed by atoms with Crippen LogP contribution in [-0.2, 0) is 13.0 Å². The number of aromatic nitrogens is 3. The molecule has 1 saturated heterocycles. The summed E-state index contributed by atoms with van der Waals surface area (Å²) in [6.07, 6.45) is 3.82. The van der Waals surface area contributed by atoms with Gasteiger partial charge in [-0.1, -0.05) is 29.8 Å². The first-order chi connectivity index (χ1) is 15.2. The van der Waals surface area contributed by atoms with Gasteiger partial charge in [-0.25, -0.2) is 0 Å². The fraction of sp³-hybridized carbons (Fsp3) is 0.435. The van der Waals surface area contributed by atoms with E-state index in [1.54, 1.807) is 0 Å². The Labute approximate surface area is 211 Å². The Morgan fingerprint density at radius 3 is 2.72 bits per heavy atom. The zero-order valence-corrected chi connectivity index (χ0v) is 21.5. The van der Waals surface area contributed by atoms with E-state index in [1.807, 2.05) is 40.9 Å². The number of rotatable bonds is 7. The van der Waals surface area contributed by atoms with Crippen LogP contribution in [-0.4, -0.2) is 69.6 Å². The molecule has 4 rings (SSSR count). The van der Waals surface area contributed by atoms with Crippen molar-refractivity contribution in [3.05, 3.63) is 65.1 Å². The minimum absolute atomic E-state index is 0. The summed E-state index contributed by atoms with van der Waals surface area (Å²) in [7, 11) is 0. The van der Waals surface area contributed by atoms with Crippen molar-refractivity contribution in [3.8, 4) is 0 Å². The third-order valence-corrected chi connectivity index (χ3v) is 5.74. The SMILES string of the molecule is CCNC(=NCCCc1nnc2ccccn12)N1CCN(Cc2cccc(Cl)c2)CC1.I. The van der Waals surface area contributed by atoms with Gasteiger partial charge in [0.2, 0.25) is 0 Å². The Morgan fingerprint density at radius 1 is 1.09 bits per heavy atom. The number of aryl methyl sites for hydroxylation is 1. The van der Waals surface area contributed by atoms with Gasteiger partial charge < -0.3 is 10.2 Å². The van der Waals surface area contributed by atoms with Crippen LogP contribution in [0.15, 0.2) is 53.7 Å². The highest BCUT2D eigenvalue weighted by Gasteiger charge is 2.19. The molecule has 0 spiro atoms. The maximum atomic E-state index is 6.12. The Bertz CT molecular complexity index is 1010. The van der Waals surface area contributed by atoms with E-state index < -0.39 is 0 Å². The number of benzene rings is 1. The van der Waals surface area contributed by atoms with Crippen LogP contribution in [0.5, 0.6) is 0 Å². The molecule has 32 heavy (non-hydrogen) atoms. The molecule has 1 fully saturated rings. The minimum atomic E-state index is 0. The first-order valence-electron chi connectivity index (χ1n) is 11.0. The highest BCUT2D eigenvalue weighted by molar-refractivity contribution is 14.0. The molecule has 0 unspecified atom stereocenters. The van der Waals surface area contributed by atoms with Gasteiger partial charge in [-0.05, 0) is 43.2 Å². The molecule has 0 aliphatic carbocycles. The molecule has 1 aromatic carbocycles. The minimum Gasteiger partial charge on any atom is -0.357 e. The molecule has 172 valence electrons. The van der Waals surface area contributed by atoms with E-state index in [9.17, 15) is 0 Å². The van der Waals surface area contributed by atoms with Crippen molar-refractivity contribution in [3.63, 3.8) is 0 Å². The van der Waals surface area contributed by atoms with Crippen LogP contribution in [0, 0.1) is 0 Å². The van der Waals surface area contributed by atoms with E-state index in [4.69, 9.17) is 16.6 Å². The monoisotopic (exact) mass is 567 g/mol. The summed E-state index contributed by atoms with van der Waals surface area (Å²) in [5.41, 5.74) is 2.16. The summed E-state index contributed by atoms with van der Waals surface area (Å²) in [6, 6.07) is 14.1. The second kappa shape index (κ2) is 12.4. The van der Waals surface area contributed by atoms with E-state index in [1.165, 1.54) is 5.56 Å². The van der Waals surface area contributed by atoms with E-state index in [0.29, 0.717) is 0 Å². The zero-order valence-electron chi connectivity index (χ0n) is 18.5. The second-order valence-corrected chi connectivity index (χ2v) is 8.21. The van der Waals surface area contributed by atoms with E-state index in [-0.39, 0.29) is 24.0 Å². The highest BCUT2D eigenvalue weighted by Crippen LogP contribution is 2.14. The third-order valence-electron chi connectivity index (χ3n) is 5.51. The molecule has 0 amide bonds. The molecule has 2 aromatic heterocycles. The van der Waals surface area contributed by atoms with E-state index in [0.717, 1.165) is 81.1 Å². The van der Waals surface area contributed by atoms with E-state index in [2.05, 4.69) is 44.4 Å². The molecule has 7 nitrogen and oxygen atoms in total. The van der Waals surface area contributed by atoms with Crippen molar-refractivity contribution >= 4 is 47.2 Å². The van der Waals surface area contributed by atoms with Gasteiger partial charge in [0, 0.05) is 63.5 Å². The molecule has 0 bridgehead atoms. The highest BCUT2D eigenvalue weighted by atomic mass is 127. The number of hydrogen-bond donors (Lipinski definition) is 1. The molecule has 0 radical (unpaired) electrons. The summed E-state index contributed by atoms with van der Waals surface area (Å²) in [6.45, 7) is 8.68. The Hall–Kier alpha value is -1.91. The lowest BCUT2D eigenvalue weighted by atomic mass is 10.2. The Morgan fingerprint density at radius 2 is 1.94 bits per heavy atom. The van der Waals surface area contributed by atoms with Crippen LogP contribution in [0.1, 0.15) is 24.7 Å². The zero-order chi connectivity index (χ0) is 21.5. The molecule has 0 saturated carbocycles. The van der Waals surface area contributed by atoms with Crippen molar-refractivity contribution in [2.24, 2.45) is 4.99 Å². The number of hydrogen-bond acceptors (Lipinski definition) is 4. The van der Waals surface area contributed by atoms with Gasteiger partial charge in [0.1, 0.15) is 5.82 Å². The lowest BCUT2D eigenvalue weighted by Crippen LogP contribution is -2.52. The molecule has 3 heterocycles. The van der Waals surface area contributed by atoms with Crippen molar-refractivity contribution < 1.29 is 0 Å². The summed E-state index contributed by atoms with van der Waals surface area (Å²) in [5.74, 6) is 2.00. The molecule has 1 N–H and O–H groups in total. The predicted molar refractivity (Wildman–Crippen MR) is 141 cm³/mol. The summed E-state index contributed by atoms with van der Waals surface area (Å²) in [5, 5.41) is 12.8. The van der Waals surface area contributed by atoms with Crippen molar-refractivity contribution in [2.75, 3.05) is 39.3 Å². The molecular formula is C23H31ClIN7. The number of aliphatic imine (C=N–C) groups is 1. The first-order valence-corrected chi connectivity index (χ1v) is 11.4. The molecule has 0 atom stereocenters. The van der Waals surface area contributed by atoms with Crippen LogP contribution >= 0.6 is 35.6 Å². The number of fused-ring (bicyclic) bond motifs is 1. The molecule has 3 aromatic rings. The number of nitrogens with one attached hydrogen (secondary N) is 1. The average molecular weight is 568 g/mol. The molecular weight excluding hydrogens is 537 g/mol. The van der Waals surface area contributed by atoms with E-state index >= 15 is 0 Å². The number of pyridine rings is 1. The van der Waals surface area contributed by atoms with Crippen molar-refractivity contribution in [1.82, 2.24) is 29.7 Å². The average Bonchev–Trinajstić information content (AvgIpc) is 3.20. The maximum absolute atomic E-state index is 6.12. The fourth-order valence-electron chi connectivity index (χ4n) is 3.92. The predicted octanol–water partition coefficient (Wildman–Crippen LogP) is 3.72. The maximum Gasteiger partial charge on any atom is 0.194 e. The van der Waals surface area contributed by atoms with Gasteiger partial charge in [-0.2, -0.15) is 0 Å². The second-order valence-electron chi connectivity index (χ2n) is 7.78. The normalized spacial score (nSPS) is 15.1. The van der Waals surface area contributed by atoms with Gasteiger partial charge >= 0.3 is 0 Å². The van der Waals surface area contributed by atoms with Crippen LogP contribution in [0.4, 0.5) is 0 Å². The van der Waals surface area contributed by atoms with Gasteiger partial charge in [0.05, 0.1) is 0 Å². The Kier molecular flexibility index (Phi) is 9.55. The summed E-state index contributed by atoms with van der Waals surface area (Å²) >= 11 is 6.12. The van der Waals surface area contributed by atoms with Crippen LogP contribution in [0.2, 0.25) is 5.02 Å².